The second-order valence-corrected chi connectivity index (χ2v) is 12.3. The van der Waals surface area contributed by atoms with Gasteiger partial charge in [0, 0.05) is 72.7 Å². The molecule has 1 saturated carbocycles. The van der Waals surface area contributed by atoms with Crippen molar-refractivity contribution in [1.29, 1.82) is 0 Å². The molecule has 2 saturated heterocycles. The highest BCUT2D eigenvalue weighted by molar-refractivity contribution is 5.87. The van der Waals surface area contributed by atoms with Gasteiger partial charge in [0.05, 0.1) is 6.20 Å². The average Bonchev–Trinajstić information content (AvgIpc) is 3.58. The quantitative estimate of drug-likeness (QED) is 0.475. The van der Waals surface area contributed by atoms with Gasteiger partial charge in [0.2, 0.25) is 5.91 Å². The van der Waals surface area contributed by atoms with Crippen LogP contribution in [0.5, 0.6) is 0 Å². The fourth-order valence-corrected chi connectivity index (χ4v) is 7.67. The van der Waals surface area contributed by atoms with Crippen molar-refractivity contribution in [1.82, 2.24) is 29.5 Å². The molecule has 1 aliphatic carbocycles. The number of carbonyl (C=O) groups is 1. The summed E-state index contributed by atoms with van der Waals surface area (Å²) < 4.78 is 1.88. The van der Waals surface area contributed by atoms with Crippen molar-refractivity contribution < 1.29 is 4.79 Å². The molecule has 6 heterocycles. The molecular formula is C32H39N7O. The van der Waals surface area contributed by atoms with Crippen molar-refractivity contribution in [2.24, 2.45) is 13.0 Å². The van der Waals surface area contributed by atoms with Crippen LogP contribution < -0.4 is 5.32 Å². The van der Waals surface area contributed by atoms with Gasteiger partial charge in [-0.05, 0) is 99.7 Å². The van der Waals surface area contributed by atoms with Crippen LogP contribution in [-0.4, -0.2) is 67.7 Å². The zero-order valence-corrected chi connectivity index (χ0v) is 23.6. The van der Waals surface area contributed by atoms with Crippen LogP contribution in [0.2, 0.25) is 0 Å². The fourth-order valence-electron chi connectivity index (χ4n) is 7.67. The number of anilines is 2. The lowest BCUT2D eigenvalue weighted by Gasteiger charge is -2.47. The van der Waals surface area contributed by atoms with Crippen molar-refractivity contribution in [2.75, 3.05) is 31.5 Å². The first-order valence-corrected chi connectivity index (χ1v) is 14.9. The molecule has 7 rings (SSSR count). The van der Waals surface area contributed by atoms with Gasteiger partial charge >= 0.3 is 0 Å². The zero-order chi connectivity index (χ0) is 27.4. The van der Waals surface area contributed by atoms with Gasteiger partial charge in [-0.3, -0.25) is 19.4 Å². The van der Waals surface area contributed by atoms with Gasteiger partial charge in [-0.15, -0.1) is 0 Å². The molecule has 3 fully saturated rings. The number of aromatic nitrogens is 4. The third-order valence-electron chi connectivity index (χ3n) is 9.85. The molecule has 1 amide bonds. The third-order valence-corrected chi connectivity index (χ3v) is 9.85. The monoisotopic (exact) mass is 537 g/mol. The highest BCUT2D eigenvalue weighted by Crippen LogP contribution is 2.47. The van der Waals surface area contributed by atoms with Crippen LogP contribution in [0.25, 0.3) is 11.1 Å². The van der Waals surface area contributed by atoms with Crippen molar-refractivity contribution in [3.63, 3.8) is 0 Å². The summed E-state index contributed by atoms with van der Waals surface area (Å²) >= 11 is 0. The summed E-state index contributed by atoms with van der Waals surface area (Å²) in [5, 5.41) is 8.28. The third kappa shape index (κ3) is 4.52. The number of hydrogen-bond donors (Lipinski definition) is 1. The number of pyridine rings is 2. The molecule has 2 atom stereocenters. The Balaban J connectivity index is 1.16. The fraction of sp³-hybridized carbons (Fsp3) is 0.500. The van der Waals surface area contributed by atoms with E-state index in [1.807, 2.05) is 29.0 Å². The molecular weight excluding hydrogens is 498 g/mol. The molecule has 4 aliphatic rings. The lowest BCUT2D eigenvalue weighted by atomic mass is 9.88. The molecule has 3 aromatic heterocycles. The van der Waals surface area contributed by atoms with Crippen LogP contribution >= 0.6 is 0 Å². The summed E-state index contributed by atoms with van der Waals surface area (Å²) in [5.74, 6) is 2.68. The molecule has 3 aromatic rings. The SMILES string of the molecule is C=CC(=O)N1CC(N2CCC(c3cc4c(c(C)n3)C3CCC(Cc5c(-c6cnn(C)c6)ccnc5N4)C3)CC2)C1. The maximum absolute atomic E-state index is 11.9. The predicted molar refractivity (Wildman–Crippen MR) is 157 cm³/mol. The van der Waals surface area contributed by atoms with Crippen molar-refractivity contribution in [3.8, 4) is 11.1 Å². The molecule has 2 unspecified atom stereocenters. The Bertz CT molecular complexity index is 1450. The normalized spacial score (nSPS) is 23.3. The summed E-state index contributed by atoms with van der Waals surface area (Å²) in [5.41, 5.74) is 8.68. The van der Waals surface area contributed by atoms with Gasteiger partial charge in [-0.25, -0.2) is 4.98 Å². The first-order chi connectivity index (χ1) is 19.5. The molecule has 8 nitrogen and oxygen atoms in total. The minimum absolute atomic E-state index is 0.0482. The van der Waals surface area contributed by atoms with Crippen molar-refractivity contribution in [2.45, 2.75) is 63.3 Å². The molecule has 208 valence electrons. The van der Waals surface area contributed by atoms with E-state index in [-0.39, 0.29) is 5.91 Å². The Labute approximate surface area is 236 Å². The van der Waals surface area contributed by atoms with Crippen molar-refractivity contribution in [3.05, 3.63) is 65.9 Å². The number of nitrogens with zero attached hydrogens (tertiary/aromatic N) is 6. The summed E-state index contributed by atoms with van der Waals surface area (Å²) in [6.07, 6.45) is 14.3. The summed E-state index contributed by atoms with van der Waals surface area (Å²) in [4.78, 5) is 26.4. The van der Waals surface area contributed by atoms with E-state index in [0.717, 1.165) is 56.8 Å². The lowest BCUT2D eigenvalue weighted by Crippen LogP contribution is -2.61. The number of hydrogen-bond acceptors (Lipinski definition) is 6. The van der Waals surface area contributed by atoms with Gasteiger partial charge < -0.3 is 10.2 Å². The maximum atomic E-state index is 11.9. The van der Waals surface area contributed by atoms with Gasteiger partial charge in [0.15, 0.2) is 0 Å². The number of carbonyl (C=O) groups excluding carboxylic acids is 1. The highest BCUT2D eigenvalue weighted by Gasteiger charge is 2.37. The van der Waals surface area contributed by atoms with E-state index >= 15 is 0 Å². The summed E-state index contributed by atoms with van der Waals surface area (Å²) in [6.45, 7) is 9.59. The van der Waals surface area contributed by atoms with Crippen LogP contribution in [0, 0.1) is 12.8 Å². The summed E-state index contributed by atoms with van der Waals surface area (Å²) in [7, 11) is 1.97. The highest BCUT2D eigenvalue weighted by atomic mass is 16.2. The van der Waals surface area contributed by atoms with Crippen molar-refractivity contribution >= 4 is 17.4 Å². The number of likely N-dealkylation sites (tertiary alicyclic amines) is 2. The van der Waals surface area contributed by atoms with E-state index < -0.39 is 0 Å². The van der Waals surface area contributed by atoms with Gasteiger partial charge in [-0.1, -0.05) is 6.58 Å². The minimum atomic E-state index is 0.0482. The molecule has 0 aromatic carbocycles. The van der Waals surface area contributed by atoms with E-state index in [0.29, 0.717) is 23.8 Å². The van der Waals surface area contributed by atoms with E-state index in [9.17, 15) is 4.79 Å². The zero-order valence-electron chi connectivity index (χ0n) is 23.6. The van der Waals surface area contributed by atoms with Crippen LogP contribution in [0.3, 0.4) is 0 Å². The molecule has 0 spiro atoms. The number of aryl methyl sites for hydroxylation is 2. The second-order valence-electron chi connectivity index (χ2n) is 12.3. The smallest absolute Gasteiger partial charge is 0.246 e. The first kappa shape index (κ1) is 25.4. The number of rotatable bonds is 4. The number of amides is 1. The molecule has 0 radical (unpaired) electrons. The summed E-state index contributed by atoms with van der Waals surface area (Å²) in [6, 6.07) is 4.97. The molecule has 1 N–H and O–H groups in total. The Morgan fingerprint density at radius 3 is 2.73 bits per heavy atom. The van der Waals surface area contributed by atoms with Crippen LogP contribution in [-0.2, 0) is 18.3 Å². The van der Waals surface area contributed by atoms with E-state index in [1.54, 1.807) is 0 Å². The molecule has 40 heavy (non-hydrogen) atoms. The van der Waals surface area contributed by atoms with Crippen LogP contribution in [0.15, 0.2) is 43.4 Å². The predicted octanol–water partition coefficient (Wildman–Crippen LogP) is 4.95. The number of fused-ring (bicyclic) bond motifs is 5. The van der Waals surface area contributed by atoms with Gasteiger partial charge in [0.1, 0.15) is 5.82 Å². The van der Waals surface area contributed by atoms with Gasteiger partial charge in [0.25, 0.3) is 0 Å². The topological polar surface area (TPSA) is 79.2 Å². The van der Waals surface area contributed by atoms with E-state index in [1.165, 1.54) is 59.1 Å². The van der Waals surface area contributed by atoms with E-state index in [2.05, 4.69) is 47.1 Å². The number of piperidine rings is 1. The number of nitrogens with one attached hydrogen (secondary N) is 1. The Hall–Kier alpha value is -3.52. The van der Waals surface area contributed by atoms with Gasteiger partial charge in [-0.2, -0.15) is 5.10 Å². The Morgan fingerprint density at radius 1 is 1.15 bits per heavy atom. The molecule has 3 aliphatic heterocycles. The largest absolute Gasteiger partial charge is 0.340 e. The Morgan fingerprint density at radius 2 is 1.98 bits per heavy atom. The van der Waals surface area contributed by atoms with Crippen LogP contribution in [0.1, 0.15) is 66.5 Å². The molecule has 2 bridgehead atoms. The first-order valence-electron chi connectivity index (χ1n) is 14.9. The van der Waals surface area contributed by atoms with Crippen LogP contribution in [0.4, 0.5) is 11.5 Å². The maximum Gasteiger partial charge on any atom is 0.246 e. The Kier molecular flexibility index (Phi) is 6.45. The lowest BCUT2D eigenvalue weighted by molar-refractivity contribution is -0.133. The van der Waals surface area contributed by atoms with E-state index in [4.69, 9.17) is 9.97 Å². The molecule has 8 heteroatoms. The second kappa shape index (κ2) is 10.1. The minimum Gasteiger partial charge on any atom is -0.340 e. The standard InChI is InChI=1S/C32H39N7O/c1-4-30(40)39-18-25(19-39)38-11-8-22(9-12-38)28-15-29-31(20(2)35-28)23-6-5-21(13-23)14-27-26(7-10-33-32(27)36-29)24-16-34-37(3)17-24/h4,7,10,15-17,21-23,25H,1,5-6,8-9,11-14,18-19H2,2-3H3,(H,33,36). The average molecular weight is 538 g/mol.